The number of hydrogen-bond acceptors (Lipinski definition) is 4. The number of primary amides is 1. The van der Waals surface area contributed by atoms with Crippen LogP contribution in [-0.4, -0.2) is 65.6 Å². The van der Waals surface area contributed by atoms with Crippen LogP contribution in [0.5, 0.6) is 0 Å². The minimum Gasteiger partial charge on any atom is -0.378 e. The highest BCUT2D eigenvalue weighted by Gasteiger charge is 2.31. The van der Waals surface area contributed by atoms with Crippen LogP contribution in [0, 0.1) is 11.6 Å². The number of amides is 2. The summed E-state index contributed by atoms with van der Waals surface area (Å²) >= 11 is 0. The second-order valence-electron chi connectivity index (χ2n) is 9.75. The lowest BCUT2D eigenvalue weighted by Gasteiger charge is -2.33. The van der Waals surface area contributed by atoms with Crippen molar-refractivity contribution < 1.29 is 23.1 Å². The van der Waals surface area contributed by atoms with E-state index in [2.05, 4.69) is 17.1 Å². The Kier molecular flexibility index (Phi) is 7.20. The molecule has 0 atom stereocenters. The fourth-order valence-electron chi connectivity index (χ4n) is 5.75. The highest BCUT2D eigenvalue weighted by Crippen LogP contribution is 2.32. The van der Waals surface area contributed by atoms with Crippen molar-refractivity contribution in [2.24, 2.45) is 5.73 Å². The highest BCUT2D eigenvalue weighted by atomic mass is 19.1. The Labute approximate surface area is 208 Å². The predicted molar refractivity (Wildman–Crippen MR) is 131 cm³/mol. The van der Waals surface area contributed by atoms with E-state index >= 15 is 0 Å². The normalized spacial score (nSPS) is 18.9. The van der Waals surface area contributed by atoms with Gasteiger partial charge in [-0.15, -0.1) is 0 Å². The van der Waals surface area contributed by atoms with Crippen molar-refractivity contribution >= 4 is 24.0 Å². The Morgan fingerprint density at radius 1 is 1.00 bits per heavy atom. The van der Waals surface area contributed by atoms with Gasteiger partial charge in [0.15, 0.2) is 0 Å². The minimum atomic E-state index is -0.498. The van der Waals surface area contributed by atoms with Crippen molar-refractivity contribution in [3.63, 3.8) is 0 Å². The third-order valence-corrected chi connectivity index (χ3v) is 7.49. The molecule has 0 spiro atoms. The minimum absolute atomic E-state index is 0.0628. The molecule has 36 heavy (non-hydrogen) atoms. The van der Waals surface area contributed by atoms with Gasteiger partial charge in [0.1, 0.15) is 23.9 Å². The van der Waals surface area contributed by atoms with Crippen LogP contribution < -0.4 is 16.3 Å². The molecule has 3 aliphatic rings. The van der Waals surface area contributed by atoms with Crippen LogP contribution in [0.2, 0.25) is 0 Å². The lowest BCUT2D eigenvalue weighted by molar-refractivity contribution is -0.118. The molecule has 7 nitrogen and oxygen atoms in total. The second kappa shape index (κ2) is 10.5. The maximum atomic E-state index is 14.3. The summed E-state index contributed by atoms with van der Waals surface area (Å²) in [5.74, 6) is -1.77. The van der Waals surface area contributed by atoms with Crippen LogP contribution >= 0.6 is 0 Å². The molecule has 2 fully saturated rings. The van der Waals surface area contributed by atoms with Crippen LogP contribution in [0.3, 0.4) is 0 Å². The first-order valence-electron chi connectivity index (χ1n) is 12.7. The number of carbonyl (C=O) groups is 2. The van der Waals surface area contributed by atoms with Crippen LogP contribution in [-0.2, 0) is 22.6 Å². The standard InChI is InChI=1S/C27H32F2N4O3/c28-21-5-3-6-22(29)25(21)18-8-10-31(11-9-18)16-20-19-4-1-2-7-23(19)33(17-24(30)34)26(20)27(35)32-12-14-36-15-13-32/h3-7,18H,1-2,8-17H2,(H2,30,34). The summed E-state index contributed by atoms with van der Waals surface area (Å²) in [7, 11) is 0. The Hall–Kier alpha value is -3.04. The first-order valence-corrected chi connectivity index (χ1v) is 12.7. The number of ether oxygens (including phenoxy) is 1. The molecule has 2 aromatic rings. The summed E-state index contributed by atoms with van der Waals surface area (Å²) < 4.78 is 35.9. The van der Waals surface area contributed by atoms with Gasteiger partial charge in [-0.3, -0.25) is 14.5 Å². The van der Waals surface area contributed by atoms with Crippen LogP contribution in [0.1, 0.15) is 53.2 Å². The first-order chi connectivity index (χ1) is 17.4. The molecular weight excluding hydrogens is 466 g/mol. The molecule has 192 valence electrons. The van der Waals surface area contributed by atoms with Gasteiger partial charge in [0, 0.05) is 41.3 Å². The van der Waals surface area contributed by atoms with Crippen molar-refractivity contribution in [2.45, 2.75) is 44.7 Å². The van der Waals surface area contributed by atoms with Crippen molar-refractivity contribution in [2.75, 3.05) is 39.4 Å². The van der Waals surface area contributed by atoms with Gasteiger partial charge in [-0.1, -0.05) is 18.2 Å². The van der Waals surface area contributed by atoms with E-state index in [4.69, 9.17) is 10.5 Å². The molecule has 2 N–H and O–H groups in total. The van der Waals surface area contributed by atoms with E-state index in [0.29, 0.717) is 64.5 Å². The Bertz CT molecular complexity index is 1250. The van der Waals surface area contributed by atoms with Crippen LogP contribution in [0.15, 0.2) is 18.2 Å². The zero-order valence-corrected chi connectivity index (χ0v) is 20.3. The SMILES string of the molecule is NC(=O)Cn1c(C(=O)N2CCOCC2)c(CN2CCC(c3c(F)cccc3F)CC2)c2c1=CCCC=2. The van der Waals surface area contributed by atoms with E-state index in [1.807, 2.05) is 0 Å². The van der Waals surface area contributed by atoms with E-state index in [-0.39, 0.29) is 23.9 Å². The average molecular weight is 499 g/mol. The van der Waals surface area contributed by atoms with Gasteiger partial charge in [0.2, 0.25) is 5.91 Å². The Morgan fingerprint density at radius 3 is 2.33 bits per heavy atom. The molecule has 0 bridgehead atoms. The quantitative estimate of drug-likeness (QED) is 0.654. The number of nitrogens with zero attached hydrogens (tertiary/aromatic N) is 3. The fraction of sp³-hybridized carbons (Fsp3) is 0.481. The van der Waals surface area contributed by atoms with Crippen molar-refractivity contribution in [1.82, 2.24) is 14.4 Å². The van der Waals surface area contributed by atoms with Crippen molar-refractivity contribution in [1.29, 1.82) is 0 Å². The van der Waals surface area contributed by atoms with E-state index in [0.717, 1.165) is 29.0 Å². The number of carbonyl (C=O) groups excluding carboxylic acids is 2. The van der Waals surface area contributed by atoms with Gasteiger partial charge >= 0.3 is 0 Å². The van der Waals surface area contributed by atoms with Gasteiger partial charge in [-0.25, -0.2) is 8.78 Å². The number of morpholine rings is 1. The zero-order valence-electron chi connectivity index (χ0n) is 20.3. The summed E-state index contributed by atoms with van der Waals surface area (Å²) in [5.41, 5.74) is 7.18. The monoisotopic (exact) mass is 498 g/mol. The molecule has 2 aliphatic heterocycles. The second-order valence-corrected chi connectivity index (χ2v) is 9.75. The summed E-state index contributed by atoms with van der Waals surface area (Å²) in [6, 6.07) is 4.02. The van der Waals surface area contributed by atoms with Gasteiger partial charge in [0.25, 0.3) is 5.91 Å². The number of piperidine rings is 1. The Balaban J connectivity index is 1.45. The molecule has 0 unspecified atom stereocenters. The topological polar surface area (TPSA) is 80.8 Å². The van der Waals surface area contributed by atoms with Gasteiger partial charge in [0.05, 0.1) is 13.2 Å². The summed E-state index contributed by atoms with van der Waals surface area (Å²) in [4.78, 5) is 29.8. The molecule has 1 aliphatic carbocycles. The maximum absolute atomic E-state index is 14.3. The molecule has 3 heterocycles. The third kappa shape index (κ3) is 4.82. The number of nitrogens with two attached hydrogens (primary N) is 1. The number of rotatable bonds is 6. The Morgan fingerprint density at radius 2 is 1.67 bits per heavy atom. The number of halogens is 2. The first kappa shape index (κ1) is 24.6. The van der Waals surface area contributed by atoms with E-state index < -0.39 is 17.5 Å². The van der Waals surface area contributed by atoms with Crippen LogP contribution in [0.25, 0.3) is 12.2 Å². The van der Waals surface area contributed by atoms with E-state index in [1.165, 1.54) is 18.2 Å². The van der Waals surface area contributed by atoms with Crippen molar-refractivity contribution in [3.05, 3.63) is 57.2 Å². The molecule has 2 saturated heterocycles. The van der Waals surface area contributed by atoms with Crippen molar-refractivity contribution in [3.8, 4) is 0 Å². The summed E-state index contributed by atoms with van der Waals surface area (Å²) in [5, 5.41) is 1.86. The summed E-state index contributed by atoms with van der Waals surface area (Å²) in [6.07, 6.45) is 7.17. The average Bonchev–Trinajstić information content (AvgIpc) is 3.17. The third-order valence-electron chi connectivity index (χ3n) is 7.49. The zero-order chi connectivity index (χ0) is 25.2. The highest BCUT2D eigenvalue weighted by molar-refractivity contribution is 5.95. The maximum Gasteiger partial charge on any atom is 0.271 e. The number of hydrogen-bond donors (Lipinski definition) is 1. The number of likely N-dealkylation sites (tertiary alicyclic amines) is 1. The molecule has 2 amide bonds. The molecule has 5 rings (SSSR count). The number of aromatic nitrogens is 1. The lowest BCUT2D eigenvalue weighted by atomic mass is 9.88. The molecule has 0 saturated carbocycles. The van der Waals surface area contributed by atoms with Crippen LogP contribution in [0.4, 0.5) is 8.78 Å². The molecule has 1 aromatic heterocycles. The van der Waals surface area contributed by atoms with E-state index in [1.54, 1.807) is 9.47 Å². The smallest absolute Gasteiger partial charge is 0.271 e. The molecule has 9 heteroatoms. The fourth-order valence-corrected chi connectivity index (χ4v) is 5.75. The largest absolute Gasteiger partial charge is 0.378 e. The predicted octanol–water partition coefficient (Wildman–Crippen LogP) is 1.46. The van der Waals surface area contributed by atoms with Gasteiger partial charge < -0.3 is 19.9 Å². The molecule has 1 aromatic carbocycles. The number of fused-ring (bicyclic) bond motifs is 1. The van der Waals surface area contributed by atoms with Gasteiger partial charge in [-0.2, -0.15) is 0 Å². The lowest BCUT2D eigenvalue weighted by Crippen LogP contribution is -2.43. The van der Waals surface area contributed by atoms with E-state index in [9.17, 15) is 18.4 Å². The summed E-state index contributed by atoms with van der Waals surface area (Å²) in [6.45, 7) is 3.73. The number of benzene rings is 1. The molecular formula is C27H32F2N4O3. The van der Waals surface area contributed by atoms with Gasteiger partial charge in [-0.05, 0) is 56.8 Å². The molecule has 0 radical (unpaired) electrons.